The number of rotatable bonds is 9. The van der Waals surface area contributed by atoms with Gasteiger partial charge in [-0.15, -0.1) is 0 Å². The number of carbonyl (C=O) groups is 3. The number of nitrogens with zero attached hydrogens (tertiary/aromatic N) is 3. The van der Waals surface area contributed by atoms with Gasteiger partial charge in [-0.25, -0.2) is 4.79 Å². The lowest BCUT2D eigenvalue weighted by Crippen LogP contribution is -2.58. The van der Waals surface area contributed by atoms with Crippen LogP contribution in [0.15, 0.2) is 48.5 Å². The van der Waals surface area contributed by atoms with Gasteiger partial charge in [-0.3, -0.25) is 9.59 Å². The molecule has 3 heterocycles. The molecule has 44 heavy (non-hydrogen) atoms. The summed E-state index contributed by atoms with van der Waals surface area (Å²) < 4.78 is 0. The topological polar surface area (TPSA) is 97.0 Å². The van der Waals surface area contributed by atoms with E-state index in [1.54, 1.807) is 0 Å². The number of nitrogens with one attached hydrogen (secondary N) is 3. The van der Waals surface area contributed by atoms with Crippen molar-refractivity contribution in [1.82, 2.24) is 30.7 Å². The van der Waals surface area contributed by atoms with Crippen LogP contribution in [-0.4, -0.2) is 97.0 Å². The Kier molecular flexibility index (Phi) is 11.2. The summed E-state index contributed by atoms with van der Waals surface area (Å²) in [6.45, 7) is 6.42. The number of amides is 4. The van der Waals surface area contributed by atoms with Gasteiger partial charge in [-0.05, 0) is 94.5 Å². The molecular weight excluding hydrogens is 576 g/mol. The van der Waals surface area contributed by atoms with Crippen molar-refractivity contribution in [2.24, 2.45) is 0 Å². The number of likely N-dealkylation sites (tertiary alicyclic amines) is 2. The van der Waals surface area contributed by atoms with E-state index >= 15 is 0 Å². The average Bonchev–Trinajstić information content (AvgIpc) is 3.03. The van der Waals surface area contributed by atoms with Crippen molar-refractivity contribution < 1.29 is 14.4 Å². The molecule has 10 heteroatoms. The van der Waals surface area contributed by atoms with Crippen molar-refractivity contribution >= 4 is 29.4 Å². The van der Waals surface area contributed by atoms with Gasteiger partial charge in [0.1, 0.15) is 6.04 Å². The molecule has 2 unspecified atom stereocenters. The Hall–Kier alpha value is -3.14. The van der Waals surface area contributed by atoms with Crippen molar-refractivity contribution in [1.29, 1.82) is 0 Å². The largest absolute Gasteiger partial charge is 0.344 e. The number of carbonyl (C=O) groups excluding carboxylic acids is 3. The highest BCUT2D eigenvalue weighted by atomic mass is 35.5. The second kappa shape index (κ2) is 15.2. The van der Waals surface area contributed by atoms with E-state index < -0.39 is 6.04 Å². The molecule has 2 aromatic carbocycles. The molecular formula is C34H47ClN6O3. The minimum absolute atomic E-state index is 0.00222. The SMILES string of the molecule is CCNC(=O)N(C1CCN(C)CC1)C1CCN(C(=O)C(Cc2ccc(Cl)cc2)NC(=O)CC2NCCc3ccccc32)CC1. The van der Waals surface area contributed by atoms with Crippen LogP contribution >= 0.6 is 11.6 Å². The van der Waals surface area contributed by atoms with Crippen molar-refractivity contribution in [3.8, 4) is 0 Å². The summed E-state index contributed by atoms with van der Waals surface area (Å²) in [7, 11) is 2.13. The monoisotopic (exact) mass is 622 g/mol. The molecule has 9 nitrogen and oxygen atoms in total. The van der Waals surface area contributed by atoms with Gasteiger partial charge >= 0.3 is 6.03 Å². The zero-order chi connectivity index (χ0) is 31.1. The lowest BCUT2D eigenvalue weighted by molar-refractivity contribution is -0.138. The maximum atomic E-state index is 14.0. The summed E-state index contributed by atoms with van der Waals surface area (Å²) in [5, 5.41) is 10.2. The van der Waals surface area contributed by atoms with Crippen LogP contribution in [0.2, 0.25) is 5.02 Å². The van der Waals surface area contributed by atoms with Crippen LogP contribution < -0.4 is 16.0 Å². The quantitative estimate of drug-likeness (QED) is 0.396. The second-order valence-electron chi connectivity index (χ2n) is 12.4. The highest BCUT2D eigenvalue weighted by Gasteiger charge is 2.37. The standard InChI is InChI=1S/C34H47ClN6O3/c1-3-36-34(44)41(27-13-18-39(2)19-14-27)28-15-20-40(21-16-28)33(43)31(22-24-8-10-26(35)11-9-24)38-32(42)23-30-29-7-5-4-6-25(29)12-17-37-30/h4-11,27-28,30-31,37H,3,12-23H2,1-2H3,(H,36,44)(H,38,42). The molecule has 0 aliphatic carbocycles. The number of halogens is 1. The predicted octanol–water partition coefficient (Wildman–Crippen LogP) is 3.76. The molecule has 2 aromatic rings. The van der Waals surface area contributed by atoms with E-state index in [1.165, 1.54) is 5.56 Å². The van der Waals surface area contributed by atoms with Gasteiger partial charge in [0, 0.05) is 55.6 Å². The second-order valence-corrected chi connectivity index (χ2v) is 12.9. The summed E-state index contributed by atoms with van der Waals surface area (Å²) in [6, 6.07) is 15.2. The Bertz CT molecular complexity index is 1270. The first-order valence-electron chi connectivity index (χ1n) is 16.2. The smallest absolute Gasteiger partial charge is 0.317 e. The van der Waals surface area contributed by atoms with Crippen LogP contribution in [0.3, 0.4) is 0 Å². The zero-order valence-electron chi connectivity index (χ0n) is 26.1. The summed E-state index contributed by atoms with van der Waals surface area (Å²) in [5.41, 5.74) is 3.36. The number of fused-ring (bicyclic) bond motifs is 1. The number of piperidine rings is 2. The number of benzene rings is 2. The van der Waals surface area contributed by atoms with Crippen molar-refractivity contribution in [2.75, 3.05) is 46.3 Å². The number of hydrogen-bond acceptors (Lipinski definition) is 5. The molecule has 3 aliphatic rings. The molecule has 0 aromatic heterocycles. The maximum absolute atomic E-state index is 14.0. The molecule has 2 fully saturated rings. The van der Waals surface area contributed by atoms with Crippen LogP contribution in [-0.2, 0) is 22.4 Å². The molecule has 3 aliphatic heterocycles. The fraction of sp³-hybridized carbons (Fsp3) is 0.559. The molecule has 2 atom stereocenters. The lowest BCUT2D eigenvalue weighted by Gasteiger charge is -2.45. The molecule has 4 amide bonds. The van der Waals surface area contributed by atoms with E-state index in [0.717, 1.165) is 62.9 Å². The molecule has 0 radical (unpaired) electrons. The first-order valence-corrected chi connectivity index (χ1v) is 16.6. The minimum atomic E-state index is -0.688. The molecule has 3 N–H and O–H groups in total. The molecule has 0 saturated carbocycles. The summed E-state index contributed by atoms with van der Waals surface area (Å²) >= 11 is 6.12. The van der Waals surface area contributed by atoms with E-state index in [0.29, 0.717) is 31.1 Å². The van der Waals surface area contributed by atoms with Crippen LogP contribution in [0.4, 0.5) is 4.79 Å². The molecule has 238 valence electrons. The van der Waals surface area contributed by atoms with Gasteiger partial charge in [0.15, 0.2) is 0 Å². The number of urea groups is 1. The van der Waals surface area contributed by atoms with Crippen molar-refractivity contribution in [2.45, 2.75) is 76.0 Å². The van der Waals surface area contributed by atoms with E-state index in [2.05, 4.69) is 44.9 Å². The average molecular weight is 623 g/mol. The molecule has 0 spiro atoms. The molecule has 5 rings (SSSR count). The van der Waals surface area contributed by atoms with Crippen LogP contribution in [0.1, 0.15) is 61.8 Å². The van der Waals surface area contributed by atoms with Gasteiger partial charge in [-0.1, -0.05) is 48.0 Å². The fourth-order valence-corrected chi connectivity index (χ4v) is 7.13. The van der Waals surface area contributed by atoms with Crippen LogP contribution in [0.5, 0.6) is 0 Å². The Labute approximate surface area is 266 Å². The molecule has 2 saturated heterocycles. The lowest BCUT2D eigenvalue weighted by atomic mass is 9.92. The van der Waals surface area contributed by atoms with Crippen molar-refractivity contribution in [3.05, 3.63) is 70.2 Å². The normalized spacial score (nSPS) is 20.4. The molecule has 0 bridgehead atoms. The highest BCUT2D eigenvalue weighted by Crippen LogP contribution is 2.27. The highest BCUT2D eigenvalue weighted by molar-refractivity contribution is 6.30. The third-order valence-electron chi connectivity index (χ3n) is 9.41. The first kappa shape index (κ1) is 32.3. The van der Waals surface area contributed by atoms with Gasteiger partial charge < -0.3 is 30.7 Å². The van der Waals surface area contributed by atoms with Crippen LogP contribution in [0, 0.1) is 0 Å². The van der Waals surface area contributed by atoms with E-state index in [1.807, 2.05) is 48.2 Å². The van der Waals surface area contributed by atoms with Gasteiger partial charge in [0.05, 0.1) is 0 Å². The van der Waals surface area contributed by atoms with Crippen LogP contribution in [0.25, 0.3) is 0 Å². The van der Waals surface area contributed by atoms with Crippen molar-refractivity contribution in [3.63, 3.8) is 0 Å². The number of hydrogen-bond donors (Lipinski definition) is 3. The Balaban J connectivity index is 1.25. The third-order valence-corrected chi connectivity index (χ3v) is 9.66. The predicted molar refractivity (Wildman–Crippen MR) is 174 cm³/mol. The Morgan fingerprint density at radius 2 is 1.64 bits per heavy atom. The fourth-order valence-electron chi connectivity index (χ4n) is 7.00. The van der Waals surface area contributed by atoms with Gasteiger partial charge in [0.2, 0.25) is 11.8 Å². The summed E-state index contributed by atoms with van der Waals surface area (Å²) in [6.07, 6.45) is 4.96. The van der Waals surface area contributed by atoms with Gasteiger partial charge in [0.25, 0.3) is 0 Å². The first-order chi connectivity index (χ1) is 21.3. The Morgan fingerprint density at radius 3 is 2.32 bits per heavy atom. The maximum Gasteiger partial charge on any atom is 0.317 e. The minimum Gasteiger partial charge on any atom is -0.344 e. The Morgan fingerprint density at radius 1 is 0.977 bits per heavy atom. The summed E-state index contributed by atoms with van der Waals surface area (Å²) in [5.74, 6) is -0.223. The van der Waals surface area contributed by atoms with E-state index in [9.17, 15) is 14.4 Å². The van der Waals surface area contributed by atoms with E-state index in [-0.39, 0.29) is 42.4 Å². The van der Waals surface area contributed by atoms with Gasteiger partial charge in [-0.2, -0.15) is 0 Å². The zero-order valence-corrected chi connectivity index (χ0v) is 26.8. The third kappa shape index (κ3) is 8.11. The van der Waals surface area contributed by atoms with E-state index in [4.69, 9.17) is 11.6 Å². The summed E-state index contributed by atoms with van der Waals surface area (Å²) in [4.78, 5) is 46.9.